The number of carbonyl (C=O) groups excluding carboxylic acids is 4. The Kier molecular flexibility index (Phi) is 8.13. The van der Waals surface area contributed by atoms with Gasteiger partial charge in [-0.05, 0) is 42.6 Å². The van der Waals surface area contributed by atoms with Crippen LogP contribution in [0.5, 0.6) is 0 Å². The highest BCUT2D eigenvalue weighted by Crippen LogP contribution is 2.23. The molecule has 33 heavy (non-hydrogen) atoms. The molecule has 3 aromatic rings. The molecule has 0 aliphatic heterocycles. The second-order valence-electron chi connectivity index (χ2n) is 7.08. The van der Waals surface area contributed by atoms with Crippen molar-refractivity contribution in [2.75, 3.05) is 23.8 Å². The second kappa shape index (κ2) is 11.4. The summed E-state index contributed by atoms with van der Waals surface area (Å²) in [4.78, 5) is 47.8. The van der Waals surface area contributed by atoms with Crippen molar-refractivity contribution in [3.8, 4) is 0 Å². The lowest BCUT2D eigenvalue weighted by atomic mass is 10.1. The summed E-state index contributed by atoms with van der Waals surface area (Å²) in [6.45, 7) is 1.50. The van der Waals surface area contributed by atoms with E-state index in [1.807, 2.05) is 36.4 Å². The summed E-state index contributed by atoms with van der Waals surface area (Å²) in [5.74, 6) is -1.97. The molecule has 0 saturated heterocycles. The fourth-order valence-corrected chi connectivity index (χ4v) is 3.08. The Labute approximate surface area is 190 Å². The molecule has 0 fully saturated rings. The van der Waals surface area contributed by atoms with Crippen molar-refractivity contribution in [1.29, 1.82) is 0 Å². The Hall–Kier alpha value is -4.20. The van der Waals surface area contributed by atoms with Crippen LogP contribution >= 0.6 is 0 Å². The Balaban J connectivity index is 1.40. The first-order valence-electron chi connectivity index (χ1n) is 10.5. The number of ether oxygens (including phenoxy) is 2. The average Bonchev–Trinajstić information content (AvgIpc) is 2.82. The minimum Gasteiger partial charge on any atom is -0.462 e. The van der Waals surface area contributed by atoms with Crippen LogP contribution in [0.3, 0.4) is 0 Å². The summed E-state index contributed by atoms with van der Waals surface area (Å²) < 4.78 is 9.83. The third-order valence-electron chi connectivity index (χ3n) is 4.66. The Morgan fingerprint density at radius 1 is 0.758 bits per heavy atom. The van der Waals surface area contributed by atoms with E-state index in [4.69, 9.17) is 9.47 Å². The van der Waals surface area contributed by atoms with E-state index in [1.54, 1.807) is 25.1 Å². The lowest BCUT2D eigenvalue weighted by molar-refractivity contribution is -0.147. The third-order valence-corrected chi connectivity index (χ3v) is 4.66. The first kappa shape index (κ1) is 23.5. The maximum atomic E-state index is 12.2. The maximum absolute atomic E-state index is 12.2. The number of hydrogen-bond acceptors (Lipinski definition) is 6. The van der Waals surface area contributed by atoms with Gasteiger partial charge in [0.15, 0.2) is 6.61 Å². The number of fused-ring (bicyclic) bond motifs is 1. The number of anilines is 2. The lowest BCUT2D eigenvalue weighted by Gasteiger charge is -2.09. The minimum absolute atomic E-state index is 0.0704. The molecule has 2 N–H and O–H groups in total. The van der Waals surface area contributed by atoms with Crippen molar-refractivity contribution in [3.63, 3.8) is 0 Å². The molecule has 170 valence electrons. The average molecular weight is 448 g/mol. The summed E-state index contributed by atoms with van der Waals surface area (Å²) >= 11 is 0. The van der Waals surface area contributed by atoms with E-state index in [2.05, 4.69) is 10.6 Å². The highest BCUT2D eigenvalue weighted by atomic mass is 16.5. The molecule has 0 unspecified atom stereocenters. The van der Waals surface area contributed by atoms with Crippen molar-refractivity contribution in [2.45, 2.75) is 19.8 Å². The van der Waals surface area contributed by atoms with Crippen molar-refractivity contribution in [3.05, 3.63) is 72.3 Å². The van der Waals surface area contributed by atoms with Crippen LogP contribution in [0.1, 0.15) is 30.1 Å². The van der Waals surface area contributed by atoms with Crippen LogP contribution in [0, 0.1) is 0 Å². The third kappa shape index (κ3) is 6.90. The van der Waals surface area contributed by atoms with E-state index in [0.29, 0.717) is 16.9 Å². The zero-order valence-corrected chi connectivity index (χ0v) is 18.1. The fraction of sp³-hybridized carbons (Fsp3) is 0.200. The number of benzene rings is 3. The van der Waals surface area contributed by atoms with Gasteiger partial charge in [0, 0.05) is 23.2 Å². The highest BCUT2D eigenvalue weighted by molar-refractivity contribution is 6.02. The normalized spacial score (nSPS) is 10.3. The molecular weight excluding hydrogens is 424 g/mol. The van der Waals surface area contributed by atoms with E-state index < -0.39 is 24.5 Å². The van der Waals surface area contributed by atoms with E-state index in [-0.39, 0.29) is 25.4 Å². The van der Waals surface area contributed by atoms with Crippen LogP contribution in [0.15, 0.2) is 66.7 Å². The van der Waals surface area contributed by atoms with Gasteiger partial charge in [0.2, 0.25) is 5.91 Å². The quantitative estimate of drug-likeness (QED) is 0.480. The zero-order valence-electron chi connectivity index (χ0n) is 18.1. The first-order chi connectivity index (χ1) is 16.0. The van der Waals surface area contributed by atoms with Gasteiger partial charge in [-0.25, -0.2) is 4.79 Å². The molecule has 0 atom stereocenters. The number of hydrogen-bond donors (Lipinski definition) is 2. The number of esters is 2. The molecule has 0 aromatic heterocycles. The topological polar surface area (TPSA) is 111 Å². The molecule has 8 heteroatoms. The zero-order chi connectivity index (χ0) is 23.6. The summed E-state index contributed by atoms with van der Waals surface area (Å²) in [5, 5.41) is 7.26. The highest BCUT2D eigenvalue weighted by Gasteiger charge is 2.12. The van der Waals surface area contributed by atoms with Crippen LogP contribution in [0.4, 0.5) is 11.4 Å². The molecule has 0 radical (unpaired) electrons. The van der Waals surface area contributed by atoms with Gasteiger partial charge in [0.05, 0.1) is 18.6 Å². The first-order valence-corrected chi connectivity index (χ1v) is 10.5. The molecular formula is C25H24N2O6. The van der Waals surface area contributed by atoms with Gasteiger partial charge in [0.25, 0.3) is 5.91 Å². The van der Waals surface area contributed by atoms with Crippen molar-refractivity contribution in [1.82, 2.24) is 0 Å². The monoisotopic (exact) mass is 448 g/mol. The van der Waals surface area contributed by atoms with Crippen LogP contribution in [-0.2, 0) is 23.9 Å². The Bertz CT molecular complexity index is 1150. The Morgan fingerprint density at radius 2 is 1.48 bits per heavy atom. The lowest BCUT2D eigenvalue weighted by Crippen LogP contribution is -2.21. The van der Waals surface area contributed by atoms with Crippen LogP contribution in [0.2, 0.25) is 0 Å². The van der Waals surface area contributed by atoms with Gasteiger partial charge < -0.3 is 20.1 Å². The van der Waals surface area contributed by atoms with Crippen LogP contribution in [-0.4, -0.2) is 37.0 Å². The molecule has 0 saturated carbocycles. The molecule has 0 bridgehead atoms. The molecule has 8 nitrogen and oxygen atoms in total. The smallest absolute Gasteiger partial charge is 0.338 e. The van der Waals surface area contributed by atoms with E-state index >= 15 is 0 Å². The summed E-state index contributed by atoms with van der Waals surface area (Å²) in [6, 6.07) is 19.4. The van der Waals surface area contributed by atoms with Crippen LogP contribution in [0.25, 0.3) is 10.8 Å². The van der Waals surface area contributed by atoms with Gasteiger partial charge in [-0.15, -0.1) is 0 Å². The fourth-order valence-electron chi connectivity index (χ4n) is 3.08. The van der Waals surface area contributed by atoms with Gasteiger partial charge in [-0.3, -0.25) is 14.4 Å². The molecule has 3 rings (SSSR count). The number of carbonyl (C=O) groups is 4. The Morgan fingerprint density at radius 3 is 2.24 bits per heavy atom. The number of rotatable bonds is 9. The van der Waals surface area contributed by atoms with E-state index in [9.17, 15) is 19.2 Å². The molecule has 3 aromatic carbocycles. The molecule has 2 amide bonds. The summed E-state index contributed by atoms with van der Waals surface area (Å²) in [5.41, 5.74) is 1.47. The number of amides is 2. The predicted octanol–water partition coefficient (Wildman–Crippen LogP) is 3.92. The molecule has 0 spiro atoms. The van der Waals surface area contributed by atoms with Crippen molar-refractivity contribution >= 4 is 45.9 Å². The largest absolute Gasteiger partial charge is 0.462 e. The van der Waals surface area contributed by atoms with Gasteiger partial charge in [-0.1, -0.05) is 36.4 Å². The molecule has 0 aliphatic rings. The van der Waals surface area contributed by atoms with Crippen molar-refractivity contribution in [2.24, 2.45) is 0 Å². The molecule has 0 aliphatic carbocycles. The molecule has 0 heterocycles. The van der Waals surface area contributed by atoms with Crippen molar-refractivity contribution < 1.29 is 28.7 Å². The van der Waals surface area contributed by atoms with E-state index in [1.165, 1.54) is 12.1 Å². The van der Waals surface area contributed by atoms with Gasteiger partial charge in [-0.2, -0.15) is 0 Å². The van der Waals surface area contributed by atoms with E-state index in [0.717, 1.165) is 10.8 Å². The second-order valence-corrected chi connectivity index (χ2v) is 7.08. The van der Waals surface area contributed by atoms with Crippen LogP contribution < -0.4 is 10.6 Å². The minimum atomic E-state index is -0.657. The SMILES string of the molecule is CCOC(=O)c1ccc(NC(=O)COC(=O)CCC(=O)Nc2cccc3ccccc23)cc1. The standard InChI is InChI=1S/C25H24N2O6/c1-2-32-25(31)18-10-12-19(13-11-18)26-23(29)16-33-24(30)15-14-22(28)27-21-9-5-7-17-6-3-4-8-20(17)21/h3-13H,2,14-16H2,1H3,(H,26,29)(H,27,28). The predicted molar refractivity (Wildman–Crippen MR) is 124 cm³/mol. The summed E-state index contributed by atoms with van der Waals surface area (Å²) in [6.07, 6.45) is -0.225. The summed E-state index contributed by atoms with van der Waals surface area (Å²) in [7, 11) is 0. The number of nitrogens with one attached hydrogen (secondary N) is 2. The van der Waals surface area contributed by atoms with Gasteiger partial charge in [0.1, 0.15) is 0 Å². The van der Waals surface area contributed by atoms with Gasteiger partial charge >= 0.3 is 11.9 Å². The maximum Gasteiger partial charge on any atom is 0.338 e.